The van der Waals surface area contributed by atoms with Crippen molar-refractivity contribution in [1.82, 2.24) is 0 Å². The summed E-state index contributed by atoms with van der Waals surface area (Å²) in [5.74, 6) is -0.420. The molecule has 0 fully saturated rings. The number of carbonyl (C=O) groups is 2. The molecule has 5 nitrogen and oxygen atoms in total. The summed E-state index contributed by atoms with van der Waals surface area (Å²) in [6.07, 6.45) is 0.804. The van der Waals surface area contributed by atoms with Crippen LogP contribution in [-0.2, 0) is 20.7 Å². The largest absolute Gasteiger partial charge is 0.482 e. The Morgan fingerprint density at radius 1 is 1.08 bits per heavy atom. The molecule has 0 spiro atoms. The molecule has 0 aliphatic carbocycles. The second-order valence-electron chi connectivity index (χ2n) is 5.41. The molecule has 6 heteroatoms. The van der Waals surface area contributed by atoms with E-state index in [4.69, 9.17) is 9.47 Å². The van der Waals surface area contributed by atoms with Crippen molar-refractivity contribution < 1.29 is 19.1 Å². The summed E-state index contributed by atoms with van der Waals surface area (Å²) in [6.45, 7) is 3.34. The molecule has 0 aromatic heterocycles. The van der Waals surface area contributed by atoms with Gasteiger partial charge in [-0.05, 0) is 48.7 Å². The van der Waals surface area contributed by atoms with Crippen LogP contribution in [0.3, 0.4) is 0 Å². The van der Waals surface area contributed by atoms with E-state index in [2.05, 4.69) is 21.2 Å². The van der Waals surface area contributed by atoms with E-state index in [9.17, 15) is 9.59 Å². The lowest BCUT2D eigenvalue weighted by Crippen LogP contribution is -2.24. The number of esters is 1. The van der Waals surface area contributed by atoms with Gasteiger partial charge in [0.25, 0.3) is 5.91 Å². The smallest absolute Gasteiger partial charge is 0.344 e. The van der Waals surface area contributed by atoms with Crippen molar-refractivity contribution >= 4 is 33.5 Å². The van der Waals surface area contributed by atoms with Gasteiger partial charge in [0.05, 0.1) is 0 Å². The summed E-state index contributed by atoms with van der Waals surface area (Å²) in [5.41, 5.74) is 2.79. The molecule has 2 aromatic carbocycles. The first kappa shape index (κ1) is 19.0. The van der Waals surface area contributed by atoms with Gasteiger partial charge in [0.2, 0.25) is 0 Å². The van der Waals surface area contributed by atoms with E-state index in [0.29, 0.717) is 5.75 Å². The van der Waals surface area contributed by atoms with Gasteiger partial charge in [0, 0.05) is 10.2 Å². The summed E-state index contributed by atoms with van der Waals surface area (Å²) in [6, 6.07) is 12.9. The van der Waals surface area contributed by atoms with Crippen LogP contribution in [0.1, 0.15) is 18.1 Å². The molecule has 0 bridgehead atoms. The third-order valence-corrected chi connectivity index (χ3v) is 4.07. The average molecular weight is 406 g/mol. The van der Waals surface area contributed by atoms with Crippen molar-refractivity contribution in [2.45, 2.75) is 20.3 Å². The van der Waals surface area contributed by atoms with Gasteiger partial charge in [0.15, 0.2) is 13.2 Å². The molecule has 25 heavy (non-hydrogen) atoms. The first-order valence-electron chi connectivity index (χ1n) is 7.92. The lowest BCUT2D eigenvalue weighted by Gasteiger charge is -2.13. The number of carbonyl (C=O) groups excluding carboxylic acids is 2. The summed E-state index contributed by atoms with van der Waals surface area (Å²) < 4.78 is 11.2. The fourth-order valence-electron chi connectivity index (χ4n) is 2.24. The Labute approximate surface area is 155 Å². The quantitative estimate of drug-likeness (QED) is 0.709. The number of benzene rings is 2. The van der Waals surface area contributed by atoms with Crippen LogP contribution in [0.2, 0.25) is 0 Å². The van der Waals surface area contributed by atoms with E-state index < -0.39 is 5.97 Å². The normalized spacial score (nSPS) is 10.2. The Balaban J connectivity index is 1.80. The van der Waals surface area contributed by atoms with Crippen molar-refractivity contribution in [3.8, 4) is 5.75 Å². The number of amides is 1. The van der Waals surface area contributed by atoms with Crippen LogP contribution in [0, 0.1) is 6.92 Å². The van der Waals surface area contributed by atoms with Gasteiger partial charge in [-0.25, -0.2) is 4.79 Å². The molecule has 1 N–H and O–H groups in total. The lowest BCUT2D eigenvalue weighted by atomic mass is 10.1. The minimum atomic E-state index is -0.599. The Hall–Kier alpha value is -2.34. The predicted octanol–water partition coefficient (Wildman–Crippen LogP) is 3.88. The van der Waals surface area contributed by atoms with Crippen molar-refractivity contribution in [2.75, 3.05) is 18.5 Å². The summed E-state index contributed by atoms with van der Waals surface area (Å²) >= 11 is 3.32. The van der Waals surface area contributed by atoms with E-state index in [1.54, 1.807) is 12.1 Å². The second kappa shape index (κ2) is 9.22. The monoisotopic (exact) mass is 405 g/mol. The maximum Gasteiger partial charge on any atom is 0.344 e. The number of hydrogen-bond acceptors (Lipinski definition) is 4. The maximum absolute atomic E-state index is 12.0. The third-order valence-electron chi connectivity index (χ3n) is 3.54. The van der Waals surface area contributed by atoms with Gasteiger partial charge in [-0.3, -0.25) is 4.79 Å². The van der Waals surface area contributed by atoms with Gasteiger partial charge in [-0.15, -0.1) is 0 Å². The molecule has 0 saturated heterocycles. The highest BCUT2D eigenvalue weighted by Gasteiger charge is 2.11. The molecular weight excluding hydrogens is 386 g/mol. The van der Waals surface area contributed by atoms with Gasteiger partial charge in [-0.2, -0.15) is 0 Å². The molecule has 132 valence electrons. The maximum atomic E-state index is 12.0. The minimum Gasteiger partial charge on any atom is -0.482 e. The van der Waals surface area contributed by atoms with Crippen LogP contribution in [0.25, 0.3) is 0 Å². The molecule has 0 aliphatic heterocycles. The molecule has 0 unspecified atom stereocenters. The minimum absolute atomic E-state index is 0.251. The van der Waals surface area contributed by atoms with Crippen LogP contribution in [-0.4, -0.2) is 25.1 Å². The molecule has 0 atom stereocenters. The number of para-hydroxylation sites is 1. The van der Waals surface area contributed by atoms with Crippen LogP contribution < -0.4 is 10.1 Å². The molecule has 0 aliphatic rings. The van der Waals surface area contributed by atoms with Crippen LogP contribution in [0.15, 0.2) is 46.9 Å². The topological polar surface area (TPSA) is 64.6 Å². The van der Waals surface area contributed by atoms with Gasteiger partial charge < -0.3 is 14.8 Å². The number of aryl methyl sites for hydroxylation is 2. The SMILES string of the molecule is CCc1cccc(C)c1NC(=O)COC(=O)COc1ccc(Br)cc1. The Kier molecular flexibility index (Phi) is 7.01. The molecule has 1 amide bonds. The highest BCUT2D eigenvalue weighted by molar-refractivity contribution is 9.10. The summed E-state index contributed by atoms with van der Waals surface area (Å²) in [7, 11) is 0. The number of anilines is 1. The van der Waals surface area contributed by atoms with E-state index in [0.717, 1.165) is 27.7 Å². The number of ether oxygens (including phenoxy) is 2. The van der Waals surface area contributed by atoms with E-state index >= 15 is 0 Å². The second-order valence-corrected chi connectivity index (χ2v) is 6.33. The fraction of sp³-hybridized carbons (Fsp3) is 0.263. The predicted molar refractivity (Wildman–Crippen MR) is 99.8 cm³/mol. The zero-order chi connectivity index (χ0) is 18.2. The Morgan fingerprint density at radius 2 is 1.80 bits per heavy atom. The highest BCUT2D eigenvalue weighted by Crippen LogP contribution is 2.21. The standard InChI is InChI=1S/C19H20BrNO4/c1-3-14-6-4-5-13(2)19(14)21-17(22)11-25-18(23)12-24-16-9-7-15(20)8-10-16/h4-10H,3,11-12H2,1-2H3,(H,21,22). The van der Waals surface area contributed by atoms with Crippen LogP contribution >= 0.6 is 15.9 Å². The lowest BCUT2D eigenvalue weighted by molar-refractivity contribution is -0.149. The van der Waals surface area contributed by atoms with Gasteiger partial charge in [-0.1, -0.05) is 41.1 Å². The number of rotatable bonds is 7. The fourth-order valence-corrected chi connectivity index (χ4v) is 2.50. The Morgan fingerprint density at radius 3 is 2.48 bits per heavy atom. The zero-order valence-electron chi connectivity index (χ0n) is 14.2. The number of halogens is 1. The molecule has 0 saturated carbocycles. The number of nitrogens with one attached hydrogen (secondary N) is 1. The summed E-state index contributed by atoms with van der Waals surface area (Å²) in [5, 5.41) is 2.80. The van der Waals surface area contributed by atoms with Gasteiger partial charge in [0.1, 0.15) is 5.75 Å². The molecule has 0 heterocycles. The zero-order valence-corrected chi connectivity index (χ0v) is 15.8. The molecule has 0 radical (unpaired) electrons. The highest BCUT2D eigenvalue weighted by atomic mass is 79.9. The van der Waals surface area contributed by atoms with Gasteiger partial charge >= 0.3 is 5.97 Å². The molecule has 2 rings (SSSR count). The Bertz CT molecular complexity index is 744. The van der Waals surface area contributed by atoms with Crippen molar-refractivity contribution in [2.24, 2.45) is 0 Å². The number of hydrogen-bond donors (Lipinski definition) is 1. The van der Waals surface area contributed by atoms with Crippen LogP contribution in [0.4, 0.5) is 5.69 Å². The third kappa shape index (κ3) is 5.90. The van der Waals surface area contributed by atoms with Crippen LogP contribution in [0.5, 0.6) is 5.75 Å². The molecular formula is C19H20BrNO4. The summed E-state index contributed by atoms with van der Waals surface area (Å²) in [4.78, 5) is 23.7. The van der Waals surface area contributed by atoms with E-state index in [-0.39, 0.29) is 19.1 Å². The van der Waals surface area contributed by atoms with Crippen molar-refractivity contribution in [1.29, 1.82) is 0 Å². The molecule has 2 aromatic rings. The van der Waals surface area contributed by atoms with Crippen molar-refractivity contribution in [3.63, 3.8) is 0 Å². The average Bonchev–Trinajstić information content (AvgIpc) is 2.61. The first-order valence-corrected chi connectivity index (χ1v) is 8.71. The van der Waals surface area contributed by atoms with Crippen molar-refractivity contribution in [3.05, 3.63) is 58.1 Å². The first-order chi connectivity index (χ1) is 12.0. The van der Waals surface area contributed by atoms with E-state index in [1.807, 2.05) is 44.2 Å². The van der Waals surface area contributed by atoms with E-state index in [1.165, 1.54) is 0 Å².